The molecule has 7 heteroatoms. The Morgan fingerprint density at radius 3 is 2.17 bits per heavy atom. The van der Waals surface area contributed by atoms with Crippen molar-refractivity contribution in [2.24, 2.45) is 23.2 Å². The molecule has 5 rings (SSSR count). The van der Waals surface area contributed by atoms with Crippen LogP contribution < -0.4 is 10.6 Å². The number of nitrogens with one attached hydrogen (secondary N) is 2. The Bertz CT molecular complexity index is 772. The van der Waals surface area contributed by atoms with E-state index >= 15 is 0 Å². The molecule has 4 bridgehead atoms. The maximum absolute atomic E-state index is 12.9. The molecule has 4 aliphatic rings. The summed E-state index contributed by atoms with van der Waals surface area (Å²) in [7, 11) is 0. The highest BCUT2D eigenvalue weighted by Crippen LogP contribution is 2.60. The van der Waals surface area contributed by atoms with Crippen LogP contribution in [0, 0.1) is 29.0 Å². The molecular formula is C22H27FN2O4. The molecule has 4 saturated carbocycles. The van der Waals surface area contributed by atoms with E-state index in [-0.39, 0.29) is 17.9 Å². The standard InChI is InChI=1S/C22H27FN2O4/c1-13(20(27)25-18-4-2-17(23)3-5-18)29-19(26)12-24-21(28)22-9-14-6-15(10-22)8-16(7-14)11-22/h2-5,13-16H,6-12H2,1H3,(H,24,28)(H,25,27)/t13-,14?,15?,16?,22?/m1/s1. The van der Waals surface area contributed by atoms with Crippen LogP contribution in [0.1, 0.15) is 45.4 Å². The number of hydrogen-bond acceptors (Lipinski definition) is 4. The average Bonchev–Trinajstić information content (AvgIpc) is 2.66. The first-order valence-corrected chi connectivity index (χ1v) is 10.4. The van der Waals surface area contributed by atoms with Gasteiger partial charge in [0.25, 0.3) is 5.91 Å². The Balaban J connectivity index is 1.25. The highest BCUT2D eigenvalue weighted by atomic mass is 19.1. The lowest BCUT2D eigenvalue weighted by atomic mass is 9.49. The lowest BCUT2D eigenvalue weighted by Crippen LogP contribution is -2.54. The van der Waals surface area contributed by atoms with Crippen LogP contribution in [0.15, 0.2) is 24.3 Å². The Hall–Kier alpha value is -2.44. The van der Waals surface area contributed by atoms with Crippen LogP contribution in [0.5, 0.6) is 0 Å². The molecule has 0 unspecified atom stereocenters. The third-order valence-corrected chi connectivity index (χ3v) is 6.70. The summed E-state index contributed by atoms with van der Waals surface area (Å²) in [5.74, 6) is 0.328. The van der Waals surface area contributed by atoms with E-state index in [9.17, 15) is 18.8 Å². The first-order chi connectivity index (χ1) is 13.8. The van der Waals surface area contributed by atoms with Crippen molar-refractivity contribution in [3.63, 3.8) is 0 Å². The summed E-state index contributed by atoms with van der Waals surface area (Å²) in [4.78, 5) is 37.1. The summed E-state index contributed by atoms with van der Waals surface area (Å²) in [5.41, 5.74) is 0.0927. The van der Waals surface area contributed by atoms with Crippen LogP contribution >= 0.6 is 0 Å². The van der Waals surface area contributed by atoms with E-state index in [1.54, 1.807) is 0 Å². The van der Waals surface area contributed by atoms with Gasteiger partial charge in [0.05, 0.1) is 0 Å². The third kappa shape index (κ3) is 4.28. The van der Waals surface area contributed by atoms with Gasteiger partial charge in [0.2, 0.25) is 5.91 Å². The van der Waals surface area contributed by atoms with Crippen LogP contribution in [0.4, 0.5) is 10.1 Å². The maximum atomic E-state index is 12.9. The van der Waals surface area contributed by atoms with E-state index in [0.717, 1.165) is 19.3 Å². The Kier molecular flexibility index (Phi) is 5.32. The Morgan fingerprint density at radius 2 is 1.62 bits per heavy atom. The Morgan fingerprint density at radius 1 is 1.07 bits per heavy atom. The van der Waals surface area contributed by atoms with E-state index in [1.807, 2.05) is 0 Å². The quantitative estimate of drug-likeness (QED) is 0.717. The number of rotatable bonds is 6. The number of benzene rings is 1. The van der Waals surface area contributed by atoms with Gasteiger partial charge in [-0.05, 0) is 87.5 Å². The van der Waals surface area contributed by atoms with E-state index in [0.29, 0.717) is 23.4 Å². The fourth-order valence-corrected chi connectivity index (χ4v) is 5.80. The lowest BCUT2D eigenvalue weighted by Gasteiger charge is -2.55. The average molecular weight is 402 g/mol. The molecule has 0 heterocycles. The van der Waals surface area contributed by atoms with Crippen molar-refractivity contribution in [2.75, 3.05) is 11.9 Å². The SMILES string of the molecule is C[C@@H](OC(=O)CNC(=O)C12CC3CC(CC(C3)C1)C2)C(=O)Nc1ccc(F)cc1. The molecule has 2 N–H and O–H groups in total. The highest BCUT2D eigenvalue weighted by Gasteiger charge is 2.54. The van der Waals surface area contributed by atoms with Crippen molar-refractivity contribution in [3.05, 3.63) is 30.1 Å². The molecule has 6 nitrogen and oxygen atoms in total. The molecule has 156 valence electrons. The maximum Gasteiger partial charge on any atom is 0.326 e. The fourth-order valence-electron chi connectivity index (χ4n) is 5.80. The number of hydrogen-bond donors (Lipinski definition) is 2. The van der Waals surface area contributed by atoms with E-state index in [4.69, 9.17) is 4.74 Å². The first kappa shape index (κ1) is 19.9. The second-order valence-corrected chi connectivity index (χ2v) is 9.01. The number of anilines is 1. The van der Waals surface area contributed by atoms with Crippen LogP contribution in [-0.4, -0.2) is 30.4 Å². The zero-order valence-electron chi connectivity index (χ0n) is 16.6. The fraction of sp³-hybridized carbons (Fsp3) is 0.591. The van der Waals surface area contributed by atoms with Crippen LogP contribution in [-0.2, 0) is 19.1 Å². The molecule has 0 radical (unpaired) electrons. The van der Waals surface area contributed by atoms with Gasteiger partial charge in [-0.2, -0.15) is 0 Å². The van der Waals surface area contributed by atoms with Gasteiger partial charge < -0.3 is 15.4 Å². The van der Waals surface area contributed by atoms with Crippen molar-refractivity contribution in [1.29, 1.82) is 0 Å². The summed E-state index contributed by atoms with van der Waals surface area (Å²) in [5, 5.41) is 5.31. The lowest BCUT2D eigenvalue weighted by molar-refractivity contribution is -0.155. The largest absolute Gasteiger partial charge is 0.451 e. The van der Waals surface area contributed by atoms with Gasteiger partial charge in [0.1, 0.15) is 12.4 Å². The van der Waals surface area contributed by atoms with Crippen molar-refractivity contribution < 1.29 is 23.5 Å². The summed E-state index contributed by atoms with van der Waals surface area (Å²) in [6.45, 7) is 1.21. The van der Waals surface area contributed by atoms with E-state index in [1.165, 1.54) is 50.5 Å². The van der Waals surface area contributed by atoms with Gasteiger partial charge in [-0.15, -0.1) is 0 Å². The molecular weight excluding hydrogens is 375 g/mol. The molecule has 0 saturated heterocycles. The zero-order valence-corrected chi connectivity index (χ0v) is 16.6. The molecule has 1 atom stereocenters. The van der Waals surface area contributed by atoms with E-state index in [2.05, 4.69) is 10.6 Å². The summed E-state index contributed by atoms with van der Waals surface area (Å²) < 4.78 is 18.1. The number of esters is 1. The highest BCUT2D eigenvalue weighted by molar-refractivity contribution is 5.95. The van der Waals surface area contributed by atoms with Gasteiger partial charge in [-0.1, -0.05) is 0 Å². The minimum absolute atomic E-state index is 0.0445. The predicted octanol–water partition coefficient (Wildman–Crippen LogP) is 3.03. The molecule has 0 spiro atoms. The van der Waals surface area contributed by atoms with Gasteiger partial charge in [0, 0.05) is 11.1 Å². The number of ether oxygens (including phenoxy) is 1. The van der Waals surface area contributed by atoms with Gasteiger partial charge in [0.15, 0.2) is 6.10 Å². The van der Waals surface area contributed by atoms with Gasteiger partial charge >= 0.3 is 5.97 Å². The Labute approximate surface area is 169 Å². The van der Waals surface area contributed by atoms with Crippen molar-refractivity contribution in [3.8, 4) is 0 Å². The zero-order chi connectivity index (χ0) is 20.6. The van der Waals surface area contributed by atoms with Crippen molar-refractivity contribution in [1.82, 2.24) is 5.32 Å². The molecule has 0 aliphatic heterocycles. The molecule has 1 aromatic carbocycles. The topological polar surface area (TPSA) is 84.5 Å². The number of carbonyl (C=O) groups is 3. The minimum atomic E-state index is -1.02. The van der Waals surface area contributed by atoms with Crippen molar-refractivity contribution >= 4 is 23.5 Å². The van der Waals surface area contributed by atoms with Crippen LogP contribution in [0.3, 0.4) is 0 Å². The molecule has 1 aromatic rings. The second-order valence-electron chi connectivity index (χ2n) is 9.01. The third-order valence-electron chi connectivity index (χ3n) is 6.70. The van der Waals surface area contributed by atoms with Crippen LogP contribution in [0.25, 0.3) is 0 Å². The second kappa shape index (κ2) is 7.76. The summed E-state index contributed by atoms with van der Waals surface area (Å²) in [6.07, 6.45) is 5.49. The van der Waals surface area contributed by atoms with Crippen molar-refractivity contribution in [2.45, 2.75) is 51.6 Å². The first-order valence-electron chi connectivity index (χ1n) is 10.4. The van der Waals surface area contributed by atoms with Crippen LogP contribution in [0.2, 0.25) is 0 Å². The number of halogens is 1. The van der Waals surface area contributed by atoms with Gasteiger partial charge in [-0.3, -0.25) is 14.4 Å². The molecule has 4 fully saturated rings. The predicted molar refractivity (Wildman–Crippen MR) is 104 cm³/mol. The molecule has 4 aliphatic carbocycles. The minimum Gasteiger partial charge on any atom is -0.451 e. The number of amides is 2. The summed E-state index contributed by atoms with van der Waals surface area (Å²) in [6, 6.07) is 5.31. The molecule has 2 amide bonds. The van der Waals surface area contributed by atoms with Gasteiger partial charge in [-0.25, -0.2) is 4.39 Å². The molecule has 0 aromatic heterocycles. The monoisotopic (exact) mass is 402 g/mol. The number of carbonyl (C=O) groups excluding carboxylic acids is 3. The smallest absolute Gasteiger partial charge is 0.326 e. The normalized spacial score (nSPS) is 30.5. The summed E-state index contributed by atoms with van der Waals surface area (Å²) >= 11 is 0. The molecule has 29 heavy (non-hydrogen) atoms. The van der Waals surface area contributed by atoms with E-state index < -0.39 is 23.8 Å².